The van der Waals surface area contributed by atoms with E-state index < -0.39 is 5.97 Å². The molecule has 0 aliphatic carbocycles. The number of likely N-dealkylation sites (N-methyl/N-ethyl adjacent to an activating group) is 1. The number of carbonyl (C=O) groups is 1. The number of ether oxygens (including phenoxy) is 2. The number of aromatic carboxylic acids is 1. The Hall–Kier alpha value is -2.60. The van der Waals surface area contributed by atoms with Gasteiger partial charge in [0.25, 0.3) is 0 Å². The van der Waals surface area contributed by atoms with E-state index >= 15 is 0 Å². The van der Waals surface area contributed by atoms with Crippen LogP contribution in [0.2, 0.25) is 0 Å². The van der Waals surface area contributed by atoms with Crippen LogP contribution in [0.15, 0.2) is 42.6 Å². The van der Waals surface area contributed by atoms with Crippen molar-refractivity contribution >= 4 is 5.97 Å². The zero-order chi connectivity index (χ0) is 16.9. The van der Waals surface area contributed by atoms with E-state index in [2.05, 4.69) is 9.88 Å². The zero-order valence-corrected chi connectivity index (χ0v) is 13.5. The van der Waals surface area contributed by atoms with Crippen LogP contribution in [0.1, 0.15) is 23.0 Å². The molecule has 1 aliphatic heterocycles. The molecule has 0 spiro atoms. The van der Waals surface area contributed by atoms with Crippen molar-refractivity contribution in [1.82, 2.24) is 9.88 Å². The van der Waals surface area contributed by atoms with Crippen LogP contribution in [0.4, 0.5) is 0 Å². The van der Waals surface area contributed by atoms with Crippen molar-refractivity contribution in [3.63, 3.8) is 0 Å². The summed E-state index contributed by atoms with van der Waals surface area (Å²) in [6, 6.07) is 10.8. The number of para-hydroxylation sites is 2. The molecule has 1 N–H and O–H groups in total. The van der Waals surface area contributed by atoms with Crippen LogP contribution in [0, 0.1) is 0 Å². The maximum atomic E-state index is 11.3. The topological polar surface area (TPSA) is 71.9 Å². The van der Waals surface area contributed by atoms with E-state index in [1.807, 2.05) is 31.2 Å². The maximum Gasteiger partial charge on any atom is 0.337 e. The molecule has 1 aliphatic rings. The maximum absolute atomic E-state index is 11.3. The van der Waals surface area contributed by atoms with Crippen LogP contribution in [0.5, 0.6) is 11.5 Å². The van der Waals surface area contributed by atoms with Gasteiger partial charge in [0.2, 0.25) is 0 Å². The monoisotopic (exact) mass is 328 g/mol. The van der Waals surface area contributed by atoms with Gasteiger partial charge in [0.15, 0.2) is 11.5 Å². The third-order valence-corrected chi connectivity index (χ3v) is 3.97. The molecule has 6 heteroatoms. The van der Waals surface area contributed by atoms with Gasteiger partial charge in [0.1, 0.15) is 12.7 Å². The molecule has 2 heterocycles. The summed E-state index contributed by atoms with van der Waals surface area (Å²) in [7, 11) is 0. The molecule has 1 aromatic heterocycles. The first-order valence-electron chi connectivity index (χ1n) is 7.95. The van der Waals surface area contributed by atoms with Crippen LogP contribution in [-0.2, 0) is 6.54 Å². The first-order valence-corrected chi connectivity index (χ1v) is 7.95. The molecule has 0 bridgehead atoms. The van der Waals surface area contributed by atoms with Gasteiger partial charge in [-0.3, -0.25) is 9.88 Å². The highest BCUT2D eigenvalue weighted by Gasteiger charge is 2.23. The number of fused-ring (bicyclic) bond motifs is 1. The minimum atomic E-state index is -0.958. The number of carboxylic acids is 1. The molecular formula is C18H20N2O4. The van der Waals surface area contributed by atoms with E-state index in [1.54, 1.807) is 18.3 Å². The average Bonchev–Trinajstić information content (AvgIpc) is 2.61. The molecule has 6 nitrogen and oxygen atoms in total. The second kappa shape index (κ2) is 7.31. The highest BCUT2D eigenvalue weighted by Crippen LogP contribution is 2.31. The molecule has 3 rings (SSSR count). The lowest BCUT2D eigenvalue weighted by molar-refractivity contribution is 0.0572. The van der Waals surface area contributed by atoms with Crippen LogP contribution < -0.4 is 9.47 Å². The summed E-state index contributed by atoms with van der Waals surface area (Å²) in [6.07, 6.45) is 1.52. The molecule has 0 saturated carbocycles. The number of aromatic nitrogens is 1. The smallest absolute Gasteiger partial charge is 0.337 e. The van der Waals surface area contributed by atoms with Crippen molar-refractivity contribution in [3.05, 3.63) is 53.9 Å². The van der Waals surface area contributed by atoms with Crippen LogP contribution in [0.25, 0.3) is 0 Å². The minimum absolute atomic E-state index is 0.100. The second-order valence-electron chi connectivity index (χ2n) is 5.63. The lowest BCUT2D eigenvalue weighted by Crippen LogP contribution is -2.41. The van der Waals surface area contributed by atoms with Crippen LogP contribution in [0.3, 0.4) is 0 Å². The van der Waals surface area contributed by atoms with Gasteiger partial charge in [0, 0.05) is 19.3 Å². The number of pyridine rings is 1. The molecule has 0 saturated heterocycles. The predicted molar refractivity (Wildman–Crippen MR) is 88.5 cm³/mol. The summed E-state index contributed by atoms with van der Waals surface area (Å²) >= 11 is 0. The van der Waals surface area contributed by atoms with Gasteiger partial charge in [-0.15, -0.1) is 0 Å². The number of benzene rings is 1. The van der Waals surface area contributed by atoms with Crippen molar-refractivity contribution in [1.29, 1.82) is 0 Å². The zero-order valence-electron chi connectivity index (χ0n) is 13.5. The van der Waals surface area contributed by atoms with Gasteiger partial charge in [-0.2, -0.15) is 0 Å². The number of hydrogen-bond donors (Lipinski definition) is 1. The summed E-state index contributed by atoms with van der Waals surface area (Å²) in [4.78, 5) is 17.6. The fourth-order valence-electron chi connectivity index (χ4n) is 2.72. The molecule has 0 amide bonds. The first kappa shape index (κ1) is 16.3. The van der Waals surface area contributed by atoms with E-state index in [0.717, 1.165) is 18.0 Å². The third kappa shape index (κ3) is 3.65. The van der Waals surface area contributed by atoms with Crippen molar-refractivity contribution in [2.75, 3.05) is 19.7 Å². The lowest BCUT2D eigenvalue weighted by atomic mass is 10.1. The Morgan fingerprint density at radius 2 is 2.08 bits per heavy atom. The van der Waals surface area contributed by atoms with Crippen LogP contribution in [-0.4, -0.2) is 46.8 Å². The molecular weight excluding hydrogens is 308 g/mol. The molecule has 1 unspecified atom stereocenters. The van der Waals surface area contributed by atoms with Gasteiger partial charge in [-0.25, -0.2) is 4.79 Å². The Morgan fingerprint density at radius 3 is 2.83 bits per heavy atom. The Morgan fingerprint density at radius 1 is 1.29 bits per heavy atom. The van der Waals surface area contributed by atoms with E-state index in [4.69, 9.17) is 9.47 Å². The normalized spacial score (nSPS) is 16.2. The second-order valence-corrected chi connectivity index (χ2v) is 5.63. The Kier molecular flexibility index (Phi) is 4.96. The van der Waals surface area contributed by atoms with E-state index in [9.17, 15) is 9.90 Å². The third-order valence-electron chi connectivity index (χ3n) is 3.97. The van der Waals surface area contributed by atoms with Gasteiger partial charge >= 0.3 is 5.97 Å². The van der Waals surface area contributed by atoms with Gasteiger partial charge in [-0.1, -0.05) is 19.1 Å². The summed E-state index contributed by atoms with van der Waals surface area (Å²) in [5.41, 5.74) is 0.797. The van der Waals surface area contributed by atoms with Gasteiger partial charge in [0.05, 0.1) is 11.3 Å². The van der Waals surface area contributed by atoms with Gasteiger partial charge < -0.3 is 14.6 Å². The van der Waals surface area contributed by atoms with Crippen molar-refractivity contribution < 1.29 is 19.4 Å². The molecule has 24 heavy (non-hydrogen) atoms. The molecule has 1 atom stereocenters. The van der Waals surface area contributed by atoms with Crippen molar-refractivity contribution in [3.8, 4) is 11.5 Å². The van der Waals surface area contributed by atoms with Crippen molar-refractivity contribution in [2.24, 2.45) is 0 Å². The highest BCUT2D eigenvalue weighted by atomic mass is 16.6. The standard InChI is InChI=1S/C18H20N2O4/c1-2-20(11-15-14(18(21)22)6-5-9-19-15)10-13-12-23-16-7-3-4-8-17(16)24-13/h3-9,13H,2,10-12H2,1H3,(H,21,22). The molecule has 126 valence electrons. The van der Waals surface area contributed by atoms with E-state index in [0.29, 0.717) is 25.4 Å². The van der Waals surface area contributed by atoms with Crippen molar-refractivity contribution in [2.45, 2.75) is 19.6 Å². The number of rotatable bonds is 6. The summed E-state index contributed by atoms with van der Waals surface area (Å²) in [5.74, 6) is 0.545. The van der Waals surface area contributed by atoms with Gasteiger partial charge in [-0.05, 0) is 30.8 Å². The molecule has 0 radical (unpaired) electrons. The lowest BCUT2D eigenvalue weighted by Gasteiger charge is -2.30. The average molecular weight is 328 g/mol. The van der Waals surface area contributed by atoms with E-state index in [-0.39, 0.29) is 11.7 Å². The Bertz CT molecular complexity index is 720. The summed E-state index contributed by atoms with van der Waals surface area (Å²) < 4.78 is 11.7. The summed E-state index contributed by atoms with van der Waals surface area (Å²) in [5, 5.41) is 9.28. The minimum Gasteiger partial charge on any atom is -0.486 e. The fourth-order valence-corrected chi connectivity index (χ4v) is 2.72. The fraction of sp³-hybridized carbons (Fsp3) is 0.333. The van der Waals surface area contributed by atoms with E-state index in [1.165, 1.54) is 0 Å². The first-order chi connectivity index (χ1) is 11.7. The SMILES string of the molecule is CCN(Cc1ncccc1C(=O)O)CC1COc2ccccc2O1. The number of hydrogen-bond acceptors (Lipinski definition) is 5. The molecule has 1 aromatic carbocycles. The number of nitrogens with zero attached hydrogens (tertiary/aromatic N) is 2. The van der Waals surface area contributed by atoms with Crippen LogP contribution >= 0.6 is 0 Å². The largest absolute Gasteiger partial charge is 0.486 e. The number of carboxylic acid groups (broad SMARTS) is 1. The quantitative estimate of drug-likeness (QED) is 0.878. The highest BCUT2D eigenvalue weighted by molar-refractivity contribution is 5.88. The Balaban J connectivity index is 1.67. The molecule has 2 aromatic rings. The molecule has 0 fully saturated rings. The predicted octanol–water partition coefficient (Wildman–Crippen LogP) is 2.44. The Labute approximate surface area is 140 Å². The summed E-state index contributed by atoms with van der Waals surface area (Å²) in [6.45, 7) is 4.36.